The molecule has 0 spiro atoms. The lowest BCUT2D eigenvalue weighted by Crippen LogP contribution is -1.85. The number of nitrogens with zero attached hydrogens (tertiary/aromatic N) is 2. The maximum atomic E-state index is 9.36. The van der Waals surface area contributed by atoms with Gasteiger partial charge < -0.3 is 5.11 Å². The minimum absolute atomic E-state index is 0.259. The second-order valence-electron chi connectivity index (χ2n) is 3.13. The Morgan fingerprint density at radius 2 is 1.86 bits per heavy atom. The highest BCUT2D eigenvalue weighted by molar-refractivity contribution is 5.67. The number of hydrogen-bond donors (Lipinski definition) is 1. The largest absolute Gasteiger partial charge is 0.508 e. The van der Waals surface area contributed by atoms with Crippen LogP contribution in [0.25, 0.3) is 11.1 Å². The molecule has 3 nitrogen and oxygen atoms in total. The fourth-order valence-corrected chi connectivity index (χ4v) is 1.36. The van der Waals surface area contributed by atoms with E-state index in [-0.39, 0.29) is 5.75 Å². The standard InChI is InChI=1S/C11H10N2O/c1-8-2-3-10(14)4-11(8)9-5-12-7-13-6-9/h2-7,14H,1H3. The summed E-state index contributed by atoms with van der Waals surface area (Å²) in [6.07, 6.45) is 4.95. The van der Waals surface area contributed by atoms with Gasteiger partial charge in [0.1, 0.15) is 12.1 Å². The molecule has 1 aromatic heterocycles. The van der Waals surface area contributed by atoms with Crippen molar-refractivity contribution in [2.45, 2.75) is 6.92 Å². The molecule has 0 aliphatic carbocycles. The Morgan fingerprint density at radius 3 is 2.57 bits per heavy atom. The van der Waals surface area contributed by atoms with Crippen LogP contribution in [0.1, 0.15) is 5.56 Å². The van der Waals surface area contributed by atoms with Crippen LogP contribution in [0.5, 0.6) is 5.75 Å². The summed E-state index contributed by atoms with van der Waals surface area (Å²) in [6, 6.07) is 5.26. The molecule has 14 heavy (non-hydrogen) atoms. The molecule has 0 unspecified atom stereocenters. The zero-order chi connectivity index (χ0) is 9.97. The molecule has 2 rings (SSSR count). The highest BCUT2D eigenvalue weighted by Crippen LogP contribution is 2.25. The van der Waals surface area contributed by atoms with Crippen LogP contribution in [0.3, 0.4) is 0 Å². The van der Waals surface area contributed by atoms with Gasteiger partial charge in [-0.25, -0.2) is 9.97 Å². The highest BCUT2D eigenvalue weighted by Gasteiger charge is 2.02. The van der Waals surface area contributed by atoms with E-state index >= 15 is 0 Å². The van der Waals surface area contributed by atoms with E-state index in [1.165, 1.54) is 6.33 Å². The normalized spacial score (nSPS) is 10.1. The number of aromatic nitrogens is 2. The van der Waals surface area contributed by atoms with Crippen molar-refractivity contribution in [1.29, 1.82) is 0 Å². The van der Waals surface area contributed by atoms with Crippen molar-refractivity contribution in [2.24, 2.45) is 0 Å². The number of phenols is 1. The molecule has 0 bridgehead atoms. The third-order valence-corrected chi connectivity index (χ3v) is 2.09. The quantitative estimate of drug-likeness (QED) is 0.742. The van der Waals surface area contributed by atoms with Gasteiger partial charge in [0.05, 0.1) is 0 Å². The first-order valence-electron chi connectivity index (χ1n) is 4.32. The Morgan fingerprint density at radius 1 is 1.14 bits per heavy atom. The molecule has 0 saturated carbocycles. The highest BCUT2D eigenvalue weighted by atomic mass is 16.3. The summed E-state index contributed by atoms with van der Waals surface area (Å²) in [5.41, 5.74) is 2.98. The van der Waals surface area contributed by atoms with Crippen LogP contribution < -0.4 is 0 Å². The molecular formula is C11H10N2O. The van der Waals surface area contributed by atoms with Gasteiger partial charge in [0.15, 0.2) is 0 Å². The number of hydrogen-bond acceptors (Lipinski definition) is 3. The van der Waals surface area contributed by atoms with Gasteiger partial charge in [0.25, 0.3) is 0 Å². The second kappa shape index (κ2) is 3.46. The van der Waals surface area contributed by atoms with Gasteiger partial charge in [0.2, 0.25) is 0 Å². The minimum atomic E-state index is 0.259. The molecule has 0 saturated heterocycles. The smallest absolute Gasteiger partial charge is 0.116 e. The van der Waals surface area contributed by atoms with E-state index in [9.17, 15) is 5.11 Å². The first-order valence-corrected chi connectivity index (χ1v) is 4.32. The first kappa shape index (κ1) is 8.69. The van der Waals surface area contributed by atoms with Crippen molar-refractivity contribution < 1.29 is 5.11 Å². The van der Waals surface area contributed by atoms with E-state index < -0.39 is 0 Å². The molecule has 3 heteroatoms. The van der Waals surface area contributed by atoms with Crippen LogP contribution >= 0.6 is 0 Å². The molecule has 0 fully saturated rings. The SMILES string of the molecule is Cc1ccc(O)cc1-c1cncnc1. The lowest BCUT2D eigenvalue weighted by atomic mass is 10.0. The molecule has 0 amide bonds. The lowest BCUT2D eigenvalue weighted by Gasteiger charge is -2.04. The summed E-state index contributed by atoms with van der Waals surface area (Å²) in [4.78, 5) is 7.88. The van der Waals surface area contributed by atoms with Crippen LogP contribution in [-0.4, -0.2) is 15.1 Å². The Bertz CT molecular complexity index is 440. The Balaban J connectivity index is 2.57. The van der Waals surface area contributed by atoms with Gasteiger partial charge in [-0.1, -0.05) is 6.07 Å². The number of aromatic hydroxyl groups is 1. The van der Waals surface area contributed by atoms with E-state index in [0.29, 0.717) is 0 Å². The predicted molar refractivity (Wildman–Crippen MR) is 53.9 cm³/mol. The van der Waals surface area contributed by atoms with Crippen molar-refractivity contribution in [3.63, 3.8) is 0 Å². The lowest BCUT2D eigenvalue weighted by molar-refractivity contribution is 0.475. The maximum absolute atomic E-state index is 9.36. The van der Waals surface area contributed by atoms with Crippen molar-refractivity contribution in [1.82, 2.24) is 9.97 Å². The summed E-state index contributed by atoms with van der Waals surface area (Å²) in [5.74, 6) is 0.259. The number of benzene rings is 1. The molecular weight excluding hydrogens is 176 g/mol. The van der Waals surface area contributed by atoms with E-state index in [2.05, 4.69) is 9.97 Å². The van der Waals surface area contributed by atoms with Crippen LogP contribution in [0.4, 0.5) is 0 Å². The number of rotatable bonds is 1. The number of phenolic OH excluding ortho intramolecular Hbond substituents is 1. The van der Waals surface area contributed by atoms with E-state index in [0.717, 1.165) is 16.7 Å². The Kier molecular flexibility index (Phi) is 2.14. The first-order chi connectivity index (χ1) is 6.77. The molecule has 0 radical (unpaired) electrons. The molecule has 1 heterocycles. The monoisotopic (exact) mass is 186 g/mol. The van der Waals surface area contributed by atoms with Crippen molar-refractivity contribution >= 4 is 0 Å². The minimum Gasteiger partial charge on any atom is -0.508 e. The van der Waals surface area contributed by atoms with Crippen molar-refractivity contribution in [3.05, 3.63) is 42.5 Å². The molecule has 0 aliphatic rings. The molecule has 0 atom stereocenters. The van der Waals surface area contributed by atoms with Gasteiger partial charge in [-0.2, -0.15) is 0 Å². The topological polar surface area (TPSA) is 46.0 Å². The molecule has 1 aromatic carbocycles. The van der Waals surface area contributed by atoms with E-state index in [1.807, 2.05) is 13.0 Å². The average molecular weight is 186 g/mol. The van der Waals surface area contributed by atoms with Gasteiger partial charge in [-0.05, 0) is 30.2 Å². The van der Waals surface area contributed by atoms with Gasteiger partial charge in [-0.3, -0.25) is 0 Å². The van der Waals surface area contributed by atoms with Crippen molar-refractivity contribution in [3.8, 4) is 16.9 Å². The van der Waals surface area contributed by atoms with Gasteiger partial charge in [0, 0.05) is 18.0 Å². The fourth-order valence-electron chi connectivity index (χ4n) is 1.36. The molecule has 70 valence electrons. The third kappa shape index (κ3) is 1.57. The third-order valence-electron chi connectivity index (χ3n) is 2.09. The maximum Gasteiger partial charge on any atom is 0.116 e. The molecule has 2 aromatic rings. The summed E-state index contributed by atoms with van der Waals surface area (Å²) in [6.45, 7) is 1.99. The summed E-state index contributed by atoms with van der Waals surface area (Å²) in [7, 11) is 0. The van der Waals surface area contributed by atoms with Crippen LogP contribution in [0.2, 0.25) is 0 Å². The van der Waals surface area contributed by atoms with Crippen molar-refractivity contribution in [2.75, 3.05) is 0 Å². The summed E-state index contributed by atoms with van der Waals surface area (Å²) in [5, 5.41) is 9.36. The number of aryl methyl sites for hydroxylation is 1. The summed E-state index contributed by atoms with van der Waals surface area (Å²) >= 11 is 0. The van der Waals surface area contributed by atoms with Crippen LogP contribution in [0, 0.1) is 6.92 Å². The average Bonchev–Trinajstić information content (AvgIpc) is 2.23. The van der Waals surface area contributed by atoms with E-state index in [4.69, 9.17) is 0 Å². The fraction of sp³-hybridized carbons (Fsp3) is 0.0909. The van der Waals surface area contributed by atoms with E-state index in [1.54, 1.807) is 24.5 Å². The summed E-state index contributed by atoms with van der Waals surface area (Å²) < 4.78 is 0. The zero-order valence-corrected chi connectivity index (χ0v) is 7.81. The predicted octanol–water partition coefficient (Wildman–Crippen LogP) is 2.16. The van der Waals surface area contributed by atoms with Gasteiger partial charge >= 0.3 is 0 Å². The van der Waals surface area contributed by atoms with Gasteiger partial charge in [-0.15, -0.1) is 0 Å². The van der Waals surface area contributed by atoms with Crippen LogP contribution in [-0.2, 0) is 0 Å². The molecule has 1 N–H and O–H groups in total. The zero-order valence-electron chi connectivity index (χ0n) is 7.81. The van der Waals surface area contributed by atoms with Crippen LogP contribution in [0.15, 0.2) is 36.9 Å². The Hall–Kier alpha value is -1.90. The second-order valence-corrected chi connectivity index (χ2v) is 3.13. The Labute approximate surface area is 82.1 Å². The molecule has 0 aliphatic heterocycles.